The third-order valence-corrected chi connectivity index (χ3v) is 1.65. The van der Waals surface area contributed by atoms with Gasteiger partial charge in [0, 0.05) is 7.11 Å². The Hall–Kier alpha value is -1.39. The van der Waals surface area contributed by atoms with Gasteiger partial charge in [-0.3, -0.25) is 0 Å². The van der Waals surface area contributed by atoms with Gasteiger partial charge in [-0.1, -0.05) is 30.3 Å². The van der Waals surface area contributed by atoms with Crippen molar-refractivity contribution in [1.29, 1.82) is 0 Å². The van der Waals surface area contributed by atoms with E-state index in [1.807, 2.05) is 30.3 Å². The summed E-state index contributed by atoms with van der Waals surface area (Å²) in [5, 5.41) is 8.91. The van der Waals surface area contributed by atoms with E-state index in [-0.39, 0.29) is 6.61 Å². The maximum Gasteiger partial charge on any atom is 0.363 e. The number of methoxy groups -OCH3 is 1. The van der Waals surface area contributed by atoms with Gasteiger partial charge in [-0.15, -0.1) is 0 Å². The zero-order valence-corrected chi connectivity index (χ0v) is 7.84. The fourth-order valence-electron chi connectivity index (χ4n) is 0.896. The van der Waals surface area contributed by atoms with Gasteiger partial charge in [0.1, 0.15) is 6.61 Å². The predicted molar refractivity (Wildman–Crippen MR) is 49.3 cm³/mol. The molecule has 0 spiro atoms. The van der Waals surface area contributed by atoms with E-state index >= 15 is 0 Å². The lowest BCUT2D eigenvalue weighted by Gasteiger charge is -2.08. The van der Waals surface area contributed by atoms with Crippen LogP contribution in [0.5, 0.6) is 0 Å². The molecule has 0 radical (unpaired) electrons. The molecule has 0 aromatic heterocycles. The second-order valence-electron chi connectivity index (χ2n) is 2.68. The molecule has 1 aromatic rings. The number of rotatable bonds is 4. The lowest BCUT2D eigenvalue weighted by molar-refractivity contribution is -0.179. The summed E-state index contributed by atoms with van der Waals surface area (Å²) in [7, 11) is 1.23. The molecule has 4 heteroatoms. The van der Waals surface area contributed by atoms with Crippen LogP contribution < -0.4 is 0 Å². The number of aliphatic hydroxyl groups is 1. The van der Waals surface area contributed by atoms with Crippen LogP contribution >= 0.6 is 0 Å². The van der Waals surface area contributed by atoms with Crippen LogP contribution in [-0.4, -0.2) is 24.5 Å². The van der Waals surface area contributed by atoms with Crippen molar-refractivity contribution < 1.29 is 19.4 Å². The van der Waals surface area contributed by atoms with Crippen LogP contribution in [0.2, 0.25) is 0 Å². The smallest absolute Gasteiger partial charge is 0.363 e. The van der Waals surface area contributed by atoms with Crippen LogP contribution in [0.3, 0.4) is 0 Å². The van der Waals surface area contributed by atoms with Crippen LogP contribution in [0, 0.1) is 0 Å². The molecule has 0 aliphatic rings. The molecule has 1 N–H and O–H groups in total. The lowest BCUT2D eigenvalue weighted by atomic mass is 10.2. The molecule has 0 aliphatic carbocycles. The van der Waals surface area contributed by atoms with Gasteiger partial charge >= 0.3 is 5.97 Å². The fourth-order valence-corrected chi connectivity index (χ4v) is 0.896. The molecule has 0 aliphatic heterocycles. The Kier molecular flexibility index (Phi) is 4.10. The Morgan fingerprint density at radius 3 is 2.64 bits per heavy atom. The molecule has 0 fully saturated rings. The highest BCUT2D eigenvalue weighted by Crippen LogP contribution is 2.01. The van der Waals surface area contributed by atoms with E-state index in [0.29, 0.717) is 0 Å². The average Bonchev–Trinajstić information content (AvgIpc) is 2.26. The Bertz CT molecular complexity index is 283. The highest BCUT2D eigenvalue weighted by atomic mass is 16.6. The zero-order valence-electron chi connectivity index (χ0n) is 7.84. The second-order valence-corrected chi connectivity index (χ2v) is 2.68. The van der Waals surface area contributed by atoms with E-state index in [1.54, 1.807) is 0 Å². The number of aliphatic hydroxyl groups excluding tert-OH is 1. The molecule has 76 valence electrons. The first-order valence-corrected chi connectivity index (χ1v) is 4.15. The summed E-state index contributed by atoms with van der Waals surface area (Å²) in [5.74, 6) is -0.781. The van der Waals surface area contributed by atoms with Gasteiger partial charge in [-0.2, -0.15) is 0 Å². The van der Waals surface area contributed by atoms with Crippen molar-refractivity contribution in [2.75, 3.05) is 7.11 Å². The van der Waals surface area contributed by atoms with Crippen LogP contribution in [0.15, 0.2) is 30.3 Å². The van der Waals surface area contributed by atoms with E-state index < -0.39 is 12.3 Å². The van der Waals surface area contributed by atoms with Gasteiger partial charge in [-0.05, 0) is 5.56 Å². The molecule has 1 aromatic carbocycles. The number of carbonyl (C=O) groups is 1. The fraction of sp³-hybridized carbons (Fsp3) is 0.300. The van der Waals surface area contributed by atoms with Crippen molar-refractivity contribution in [1.82, 2.24) is 0 Å². The second kappa shape index (κ2) is 5.36. The van der Waals surface area contributed by atoms with Crippen LogP contribution in [0.1, 0.15) is 5.56 Å². The first-order valence-electron chi connectivity index (χ1n) is 4.15. The third-order valence-electron chi connectivity index (χ3n) is 1.65. The Morgan fingerprint density at radius 2 is 2.07 bits per heavy atom. The van der Waals surface area contributed by atoms with Crippen LogP contribution in [-0.2, 0) is 20.9 Å². The van der Waals surface area contributed by atoms with Gasteiger partial charge in [0.2, 0.25) is 0 Å². The topological polar surface area (TPSA) is 55.8 Å². The third kappa shape index (κ3) is 3.16. The van der Waals surface area contributed by atoms with Crippen molar-refractivity contribution in [3.05, 3.63) is 35.9 Å². The summed E-state index contributed by atoms with van der Waals surface area (Å²) >= 11 is 0. The molecular formula is C10H12O4. The minimum absolute atomic E-state index is 0.139. The number of esters is 1. The molecule has 1 atom stereocenters. The molecule has 1 rings (SSSR count). The molecule has 0 bridgehead atoms. The maximum absolute atomic E-state index is 11.0. The first kappa shape index (κ1) is 10.7. The summed E-state index contributed by atoms with van der Waals surface area (Å²) in [6.07, 6.45) is -1.50. The summed E-state index contributed by atoms with van der Waals surface area (Å²) in [6.45, 7) is 0.139. The zero-order chi connectivity index (χ0) is 10.4. The monoisotopic (exact) mass is 196 g/mol. The van der Waals surface area contributed by atoms with E-state index in [4.69, 9.17) is 9.84 Å². The Balaban J connectivity index is 2.38. The van der Waals surface area contributed by atoms with E-state index in [2.05, 4.69) is 4.74 Å². The molecule has 4 nitrogen and oxygen atoms in total. The van der Waals surface area contributed by atoms with Gasteiger partial charge in [0.25, 0.3) is 6.29 Å². The number of benzene rings is 1. The predicted octanol–water partition coefficient (Wildman–Crippen LogP) is 0.695. The highest BCUT2D eigenvalue weighted by molar-refractivity contribution is 5.72. The van der Waals surface area contributed by atoms with Crippen molar-refractivity contribution in [3.63, 3.8) is 0 Å². The summed E-state index contributed by atoms with van der Waals surface area (Å²) in [5.41, 5.74) is 0.865. The van der Waals surface area contributed by atoms with Crippen molar-refractivity contribution in [2.24, 2.45) is 0 Å². The summed E-state index contributed by atoms with van der Waals surface area (Å²) in [4.78, 5) is 11.0. The van der Waals surface area contributed by atoms with Crippen molar-refractivity contribution in [2.45, 2.75) is 12.9 Å². The lowest BCUT2D eigenvalue weighted by Crippen LogP contribution is -2.24. The number of hydrogen-bond acceptors (Lipinski definition) is 4. The normalized spacial score (nSPS) is 12.1. The van der Waals surface area contributed by atoms with Crippen molar-refractivity contribution in [3.8, 4) is 0 Å². The van der Waals surface area contributed by atoms with Gasteiger partial charge in [-0.25, -0.2) is 4.79 Å². The van der Waals surface area contributed by atoms with Crippen molar-refractivity contribution >= 4 is 5.97 Å². The quantitative estimate of drug-likeness (QED) is 0.568. The summed E-state index contributed by atoms with van der Waals surface area (Å²) < 4.78 is 9.15. The SMILES string of the molecule is COC(O)C(=O)OCc1ccccc1. The number of ether oxygens (including phenoxy) is 2. The molecule has 0 amide bonds. The number of carbonyl (C=O) groups excluding carboxylic acids is 1. The standard InChI is InChI=1S/C10H12O4/c1-13-9(11)10(12)14-7-8-5-3-2-4-6-8/h2-6,9,11H,7H2,1H3. The van der Waals surface area contributed by atoms with E-state index in [0.717, 1.165) is 5.56 Å². The molecule has 0 heterocycles. The summed E-state index contributed by atoms with van der Waals surface area (Å²) in [6, 6.07) is 9.21. The Morgan fingerprint density at radius 1 is 1.43 bits per heavy atom. The van der Waals surface area contributed by atoms with Crippen LogP contribution in [0.4, 0.5) is 0 Å². The molecular weight excluding hydrogens is 184 g/mol. The minimum atomic E-state index is -1.50. The first-order chi connectivity index (χ1) is 6.74. The van der Waals surface area contributed by atoms with Gasteiger partial charge < -0.3 is 14.6 Å². The molecule has 1 unspecified atom stereocenters. The van der Waals surface area contributed by atoms with Gasteiger partial charge in [0.15, 0.2) is 0 Å². The molecule has 14 heavy (non-hydrogen) atoms. The minimum Gasteiger partial charge on any atom is -0.457 e. The van der Waals surface area contributed by atoms with E-state index in [9.17, 15) is 4.79 Å². The number of hydrogen-bond donors (Lipinski definition) is 1. The van der Waals surface area contributed by atoms with E-state index in [1.165, 1.54) is 7.11 Å². The maximum atomic E-state index is 11.0. The Labute approximate surface area is 82.1 Å². The molecule has 0 saturated heterocycles. The largest absolute Gasteiger partial charge is 0.457 e. The average molecular weight is 196 g/mol. The molecule has 0 saturated carbocycles. The highest BCUT2D eigenvalue weighted by Gasteiger charge is 2.14. The van der Waals surface area contributed by atoms with Gasteiger partial charge in [0.05, 0.1) is 0 Å². The van der Waals surface area contributed by atoms with Crippen LogP contribution in [0.25, 0.3) is 0 Å².